The lowest BCUT2D eigenvalue weighted by atomic mass is 10.2. The fourth-order valence-corrected chi connectivity index (χ4v) is 1.09. The number of halogens is 2. The molecule has 15 heavy (non-hydrogen) atoms. The fraction of sp³-hybridized carbons (Fsp3) is 0.300. The number of likely N-dealkylation sites (N-methyl/N-ethyl adjacent to an activating group) is 1. The van der Waals surface area contributed by atoms with Crippen molar-refractivity contribution < 1.29 is 18.7 Å². The van der Waals surface area contributed by atoms with E-state index in [4.69, 9.17) is 5.11 Å². The summed E-state index contributed by atoms with van der Waals surface area (Å²) in [6.07, 6.45) is 0. The van der Waals surface area contributed by atoms with E-state index in [1.807, 2.05) is 0 Å². The van der Waals surface area contributed by atoms with Gasteiger partial charge >= 0.3 is 5.97 Å². The summed E-state index contributed by atoms with van der Waals surface area (Å²) in [7, 11) is 1.51. The van der Waals surface area contributed by atoms with Crippen LogP contribution in [0.15, 0.2) is 18.2 Å². The first-order valence-electron chi connectivity index (χ1n) is 4.34. The largest absolute Gasteiger partial charge is 0.480 e. The number of aliphatic carboxylic acids is 1. The highest BCUT2D eigenvalue weighted by atomic mass is 19.2. The lowest BCUT2D eigenvalue weighted by Gasteiger charge is -2.23. The third kappa shape index (κ3) is 2.43. The maximum atomic E-state index is 12.9. The third-order valence-electron chi connectivity index (χ3n) is 2.25. The van der Waals surface area contributed by atoms with Crippen molar-refractivity contribution in [3.05, 3.63) is 29.8 Å². The van der Waals surface area contributed by atoms with Crippen LogP contribution in [-0.4, -0.2) is 24.2 Å². The number of hydrogen-bond acceptors (Lipinski definition) is 2. The van der Waals surface area contributed by atoms with E-state index in [0.717, 1.165) is 12.1 Å². The molecule has 1 unspecified atom stereocenters. The van der Waals surface area contributed by atoms with Gasteiger partial charge in [-0.15, -0.1) is 0 Å². The number of carboxylic acid groups (broad SMARTS) is 1. The predicted molar refractivity (Wildman–Crippen MR) is 51.9 cm³/mol. The van der Waals surface area contributed by atoms with Gasteiger partial charge in [0.2, 0.25) is 0 Å². The fourth-order valence-electron chi connectivity index (χ4n) is 1.09. The minimum atomic E-state index is -1.03. The Morgan fingerprint density at radius 3 is 2.47 bits per heavy atom. The Balaban J connectivity index is 2.96. The van der Waals surface area contributed by atoms with Crippen molar-refractivity contribution in [2.45, 2.75) is 13.0 Å². The third-order valence-corrected chi connectivity index (χ3v) is 2.25. The smallest absolute Gasteiger partial charge is 0.326 e. The molecule has 0 amide bonds. The van der Waals surface area contributed by atoms with Crippen LogP contribution in [0.25, 0.3) is 0 Å². The van der Waals surface area contributed by atoms with Crippen LogP contribution in [0.4, 0.5) is 14.5 Å². The van der Waals surface area contributed by atoms with Gasteiger partial charge in [-0.25, -0.2) is 13.6 Å². The zero-order valence-electron chi connectivity index (χ0n) is 8.37. The molecule has 0 fully saturated rings. The molecule has 82 valence electrons. The summed E-state index contributed by atoms with van der Waals surface area (Å²) < 4.78 is 25.5. The van der Waals surface area contributed by atoms with E-state index in [2.05, 4.69) is 0 Å². The molecule has 0 aliphatic rings. The van der Waals surface area contributed by atoms with Gasteiger partial charge in [-0.3, -0.25) is 0 Å². The van der Waals surface area contributed by atoms with E-state index in [1.165, 1.54) is 24.9 Å². The van der Waals surface area contributed by atoms with Gasteiger partial charge < -0.3 is 10.0 Å². The number of carboxylic acids is 1. The van der Waals surface area contributed by atoms with Gasteiger partial charge in [-0.05, 0) is 19.1 Å². The molecule has 3 nitrogen and oxygen atoms in total. The summed E-state index contributed by atoms with van der Waals surface area (Å²) in [4.78, 5) is 12.0. The molecule has 0 spiro atoms. The van der Waals surface area contributed by atoms with Crippen molar-refractivity contribution in [1.29, 1.82) is 0 Å². The second-order valence-corrected chi connectivity index (χ2v) is 3.22. The quantitative estimate of drug-likeness (QED) is 0.836. The Bertz CT molecular complexity index is 382. The Kier molecular flexibility index (Phi) is 3.24. The lowest BCUT2D eigenvalue weighted by molar-refractivity contribution is -0.138. The van der Waals surface area contributed by atoms with Crippen LogP contribution in [-0.2, 0) is 4.79 Å². The lowest BCUT2D eigenvalue weighted by Crippen LogP contribution is -2.35. The Morgan fingerprint density at radius 1 is 1.40 bits per heavy atom. The molecule has 1 N–H and O–H groups in total. The van der Waals surface area contributed by atoms with Gasteiger partial charge in [-0.2, -0.15) is 0 Å². The number of benzene rings is 1. The maximum Gasteiger partial charge on any atom is 0.326 e. The first-order chi connectivity index (χ1) is 6.93. The summed E-state index contributed by atoms with van der Waals surface area (Å²) in [5, 5.41) is 8.73. The predicted octanol–water partition coefficient (Wildman–Crippen LogP) is 1.87. The van der Waals surface area contributed by atoms with Crippen LogP contribution in [0, 0.1) is 11.6 Å². The van der Waals surface area contributed by atoms with Gasteiger partial charge in [0.05, 0.1) is 0 Å². The number of rotatable bonds is 3. The molecule has 0 aliphatic heterocycles. The minimum Gasteiger partial charge on any atom is -0.480 e. The number of nitrogens with zero attached hydrogens (tertiary/aromatic N) is 1. The van der Waals surface area contributed by atoms with Crippen molar-refractivity contribution in [3.63, 3.8) is 0 Å². The number of anilines is 1. The van der Waals surface area contributed by atoms with E-state index in [9.17, 15) is 13.6 Å². The summed E-state index contributed by atoms with van der Waals surface area (Å²) in [5.74, 6) is -2.96. The monoisotopic (exact) mass is 215 g/mol. The molecule has 0 saturated heterocycles. The van der Waals surface area contributed by atoms with E-state index >= 15 is 0 Å². The molecule has 0 saturated carbocycles. The topological polar surface area (TPSA) is 40.5 Å². The molecule has 5 heteroatoms. The van der Waals surface area contributed by atoms with Crippen LogP contribution in [0.5, 0.6) is 0 Å². The van der Waals surface area contributed by atoms with E-state index in [0.29, 0.717) is 5.69 Å². The molecule has 0 radical (unpaired) electrons. The van der Waals surface area contributed by atoms with Crippen molar-refractivity contribution in [2.75, 3.05) is 11.9 Å². The van der Waals surface area contributed by atoms with E-state index < -0.39 is 23.6 Å². The van der Waals surface area contributed by atoms with Crippen molar-refractivity contribution in [1.82, 2.24) is 0 Å². The second-order valence-electron chi connectivity index (χ2n) is 3.22. The normalized spacial score (nSPS) is 12.3. The summed E-state index contributed by atoms with van der Waals surface area (Å²) in [6.45, 7) is 1.46. The first kappa shape index (κ1) is 11.4. The van der Waals surface area contributed by atoms with Crippen LogP contribution >= 0.6 is 0 Å². The van der Waals surface area contributed by atoms with Crippen LogP contribution in [0.2, 0.25) is 0 Å². The Labute approximate surface area is 85.9 Å². The average molecular weight is 215 g/mol. The molecule has 1 atom stereocenters. The van der Waals surface area contributed by atoms with Crippen molar-refractivity contribution >= 4 is 11.7 Å². The van der Waals surface area contributed by atoms with Crippen LogP contribution < -0.4 is 4.90 Å². The van der Waals surface area contributed by atoms with E-state index in [-0.39, 0.29) is 0 Å². The maximum absolute atomic E-state index is 12.9. The molecule has 1 aromatic carbocycles. The first-order valence-corrected chi connectivity index (χ1v) is 4.34. The van der Waals surface area contributed by atoms with Crippen LogP contribution in [0.3, 0.4) is 0 Å². The molecule has 0 aromatic heterocycles. The van der Waals surface area contributed by atoms with Gasteiger partial charge in [0.15, 0.2) is 11.6 Å². The SMILES string of the molecule is CC(C(=O)O)N(C)c1ccc(F)c(F)c1. The summed E-state index contributed by atoms with van der Waals surface area (Å²) in [5.41, 5.74) is 0.323. The molecular weight excluding hydrogens is 204 g/mol. The summed E-state index contributed by atoms with van der Waals surface area (Å²) >= 11 is 0. The molecule has 0 bridgehead atoms. The standard InChI is InChI=1S/C10H11F2NO2/c1-6(10(14)15)13(2)7-3-4-8(11)9(12)5-7/h3-6H,1-2H3,(H,14,15). The van der Waals surface area contributed by atoms with Crippen molar-refractivity contribution in [2.24, 2.45) is 0 Å². The molecule has 1 aromatic rings. The molecule has 1 rings (SSSR count). The highest BCUT2D eigenvalue weighted by Crippen LogP contribution is 2.18. The number of carbonyl (C=O) groups is 1. The van der Waals surface area contributed by atoms with Gasteiger partial charge in [0, 0.05) is 18.8 Å². The zero-order valence-corrected chi connectivity index (χ0v) is 8.37. The van der Waals surface area contributed by atoms with Crippen molar-refractivity contribution in [3.8, 4) is 0 Å². The highest BCUT2D eigenvalue weighted by molar-refractivity contribution is 5.77. The molecular formula is C10H11F2NO2. The summed E-state index contributed by atoms with van der Waals surface area (Å²) in [6, 6.07) is 2.47. The van der Waals surface area contributed by atoms with Gasteiger partial charge in [0.1, 0.15) is 6.04 Å². The van der Waals surface area contributed by atoms with Gasteiger partial charge in [-0.1, -0.05) is 0 Å². The Morgan fingerprint density at radius 2 is 2.00 bits per heavy atom. The molecule has 0 heterocycles. The van der Waals surface area contributed by atoms with Gasteiger partial charge in [0.25, 0.3) is 0 Å². The van der Waals surface area contributed by atoms with Crippen LogP contribution in [0.1, 0.15) is 6.92 Å². The zero-order chi connectivity index (χ0) is 11.6. The highest BCUT2D eigenvalue weighted by Gasteiger charge is 2.17. The minimum absolute atomic E-state index is 0.323. The number of hydrogen-bond donors (Lipinski definition) is 1. The Hall–Kier alpha value is -1.65. The second kappa shape index (κ2) is 4.25. The average Bonchev–Trinajstić information content (AvgIpc) is 2.19. The van der Waals surface area contributed by atoms with E-state index in [1.54, 1.807) is 0 Å². The molecule has 0 aliphatic carbocycles.